The molecule has 3 aromatic rings. The van der Waals surface area contributed by atoms with Crippen molar-refractivity contribution in [2.24, 2.45) is 5.10 Å². The Morgan fingerprint density at radius 3 is 2.42 bits per heavy atom. The number of carbonyl (C=O) groups is 1. The van der Waals surface area contributed by atoms with E-state index in [1.54, 1.807) is 18.2 Å². The minimum Gasteiger partial charge on any atom is -0.488 e. The molecule has 7 nitrogen and oxygen atoms in total. The molecule has 0 spiro atoms. The third-order valence-electron chi connectivity index (χ3n) is 4.18. The summed E-state index contributed by atoms with van der Waals surface area (Å²) >= 11 is 9.35. The fraction of sp³-hybridized carbons (Fsp3) is 0.0909. The Kier molecular flexibility index (Phi) is 7.75. The molecule has 0 saturated heterocycles. The van der Waals surface area contributed by atoms with E-state index >= 15 is 0 Å². The molecule has 0 bridgehead atoms. The second-order valence-electron chi connectivity index (χ2n) is 6.50. The molecule has 3 aromatic carbocycles. The van der Waals surface area contributed by atoms with Gasteiger partial charge in [0.2, 0.25) is 5.91 Å². The molecule has 31 heavy (non-hydrogen) atoms. The second kappa shape index (κ2) is 10.7. The number of carbonyl (C=O) groups excluding carboxylic acids is 1. The minimum absolute atomic E-state index is 0.0200. The maximum absolute atomic E-state index is 12.0. The van der Waals surface area contributed by atoms with Gasteiger partial charge >= 0.3 is 0 Å². The fourth-order valence-electron chi connectivity index (χ4n) is 2.60. The number of halogens is 2. The van der Waals surface area contributed by atoms with E-state index in [1.807, 2.05) is 36.4 Å². The smallest absolute Gasteiger partial charge is 0.269 e. The summed E-state index contributed by atoms with van der Waals surface area (Å²) < 4.78 is 6.56. The van der Waals surface area contributed by atoms with Crippen molar-refractivity contribution in [1.82, 2.24) is 5.43 Å². The molecule has 1 amide bonds. The van der Waals surface area contributed by atoms with Crippen molar-refractivity contribution in [3.8, 4) is 5.75 Å². The van der Waals surface area contributed by atoms with Crippen LogP contribution in [0.15, 0.2) is 76.3 Å². The van der Waals surface area contributed by atoms with E-state index in [-0.39, 0.29) is 18.0 Å². The third kappa shape index (κ3) is 6.91. The topological polar surface area (TPSA) is 93.8 Å². The van der Waals surface area contributed by atoms with Gasteiger partial charge in [0.15, 0.2) is 0 Å². The summed E-state index contributed by atoms with van der Waals surface area (Å²) in [6.45, 7) is 0.405. The largest absolute Gasteiger partial charge is 0.488 e. The highest BCUT2D eigenvalue weighted by Gasteiger charge is 2.07. The zero-order valence-electron chi connectivity index (χ0n) is 16.1. The van der Waals surface area contributed by atoms with Gasteiger partial charge in [-0.2, -0.15) is 5.10 Å². The second-order valence-corrected chi connectivity index (χ2v) is 7.79. The van der Waals surface area contributed by atoms with Gasteiger partial charge in [-0.3, -0.25) is 14.9 Å². The first-order valence-electron chi connectivity index (χ1n) is 9.13. The van der Waals surface area contributed by atoms with E-state index < -0.39 is 4.92 Å². The Morgan fingerprint density at radius 2 is 1.77 bits per heavy atom. The molecule has 0 saturated carbocycles. The van der Waals surface area contributed by atoms with Crippen LogP contribution in [0.4, 0.5) is 5.69 Å². The van der Waals surface area contributed by atoms with Gasteiger partial charge in [-0.25, -0.2) is 5.43 Å². The van der Waals surface area contributed by atoms with Crippen molar-refractivity contribution in [2.45, 2.75) is 13.0 Å². The number of amides is 1. The Labute approximate surface area is 192 Å². The number of hydrogen-bond acceptors (Lipinski definition) is 5. The molecular formula is C22H17BrClN3O4. The summed E-state index contributed by atoms with van der Waals surface area (Å²) in [6.07, 6.45) is 1.58. The maximum atomic E-state index is 12.0. The monoisotopic (exact) mass is 501 g/mol. The average molecular weight is 503 g/mol. The number of nitrogens with zero attached hydrogens (tertiary/aromatic N) is 2. The molecule has 0 radical (unpaired) electrons. The van der Waals surface area contributed by atoms with Crippen LogP contribution in [0.3, 0.4) is 0 Å². The summed E-state index contributed by atoms with van der Waals surface area (Å²) in [4.78, 5) is 22.2. The summed E-state index contributed by atoms with van der Waals surface area (Å²) in [5.74, 6) is 0.349. The quantitative estimate of drug-likeness (QED) is 0.257. The molecular weight excluding hydrogens is 486 g/mol. The number of nitro benzene ring substituents is 1. The molecule has 0 aliphatic carbocycles. The predicted octanol–water partition coefficient (Wildman–Crippen LogP) is 5.28. The molecule has 0 atom stereocenters. The van der Waals surface area contributed by atoms with E-state index in [1.165, 1.54) is 18.3 Å². The minimum atomic E-state index is -0.486. The van der Waals surface area contributed by atoms with Crippen LogP contribution in [-0.2, 0) is 17.8 Å². The molecule has 0 aliphatic rings. The molecule has 1 N–H and O–H groups in total. The number of nitrogens with one attached hydrogen (secondary N) is 1. The van der Waals surface area contributed by atoms with Gasteiger partial charge in [-0.1, -0.05) is 35.9 Å². The van der Waals surface area contributed by atoms with Crippen molar-refractivity contribution < 1.29 is 14.5 Å². The van der Waals surface area contributed by atoms with Crippen LogP contribution < -0.4 is 10.2 Å². The normalized spacial score (nSPS) is 10.8. The van der Waals surface area contributed by atoms with Gasteiger partial charge in [-0.05, 0) is 63.0 Å². The van der Waals surface area contributed by atoms with Crippen LogP contribution in [0, 0.1) is 10.1 Å². The molecule has 0 fully saturated rings. The van der Waals surface area contributed by atoms with Crippen LogP contribution in [0.2, 0.25) is 5.02 Å². The SMILES string of the molecule is O=C(Cc1ccc([N+](=O)[O-])cc1)NN=Cc1ccc(OCc2ccc(Cl)cc2)c(Br)c1. The lowest BCUT2D eigenvalue weighted by molar-refractivity contribution is -0.384. The number of hydrogen-bond donors (Lipinski definition) is 1. The van der Waals surface area contributed by atoms with Gasteiger partial charge in [0.05, 0.1) is 22.0 Å². The number of ether oxygens (including phenoxy) is 1. The van der Waals surface area contributed by atoms with E-state index in [9.17, 15) is 14.9 Å². The molecule has 0 unspecified atom stereocenters. The lowest BCUT2D eigenvalue weighted by Crippen LogP contribution is -2.19. The molecule has 9 heteroatoms. The fourth-order valence-corrected chi connectivity index (χ4v) is 3.23. The van der Waals surface area contributed by atoms with Crippen LogP contribution in [0.25, 0.3) is 0 Å². The summed E-state index contributed by atoms with van der Waals surface area (Å²) in [6, 6.07) is 18.7. The lowest BCUT2D eigenvalue weighted by atomic mass is 10.1. The summed E-state index contributed by atoms with van der Waals surface area (Å²) in [5, 5.41) is 15.3. The standard InChI is InChI=1S/C22H17BrClN3O4/c23-20-11-17(5-10-21(20)31-14-16-1-6-18(24)7-2-16)13-25-26-22(28)12-15-3-8-19(9-4-15)27(29)30/h1-11,13H,12,14H2,(H,26,28). The van der Waals surface area contributed by atoms with Crippen molar-refractivity contribution in [3.63, 3.8) is 0 Å². The first kappa shape index (κ1) is 22.5. The van der Waals surface area contributed by atoms with Gasteiger partial charge in [-0.15, -0.1) is 0 Å². The van der Waals surface area contributed by atoms with Crippen LogP contribution in [-0.4, -0.2) is 17.0 Å². The van der Waals surface area contributed by atoms with Crippen LogP contribution >= 0.6 is 27.5 Å². The average Bonchev–Trinajstić information content (AvgIpc) is 2.74. The zero-order valence-corrected chi connectivity index (χ0v) is 18.5. The van der Waals surface area contributed by atoms with E-state index in [0.29, 0.717) is 22.9 Å². The van der Waals surface area contributed by atoms with E-state index in [2.05, 4.69) is 26.5 Å². The molecule has 3 rings (SSSR count). The van der Waals surface area contributed by atoms with Gasteiger partial charge in [0.1, 0.15) is 12.4 Å². The maximum Gasteiger partial charge on any atom is 0.269 e. The Bertz CT molecular complexity index is 1100. The predicted molar refractivity (Wildman–Crippen MR) is 122 cm³/mol. The van der Waals surface area contributed by atoms with Crippen molar-refractivity contribution >= 4 is 45.3 Å². The van der Waals surface area contributed by atoms with E-state index in [4.69, 9.17) is 16.3 Å². The molecule has 0 heterocycles. The summed E-state index contributed by atoms with van der Waals surface area (Å²) in [5.41, 5.74) is 4.84. The third-order valence-corrected chi connectivity index (χ3v) is 5.05. The van der Waals surface area contributed by atoms with E-state index in [0.717, 1.165) is 15.6 Å². The van der Waals surface area contributed by atoms with Crippen molar-refractivity contribution in [3.05, 3.63) is 103 Å². The van der Waals surface area contributed by atoms with Crippen LogP contribution in [0.5, 0.6) is 5.75 Å². The lowest BCUT2D eigenvalue weighted by Gasteiger charge is -2.09. The van der Waals surface area contributed by atoms with Gasteiger partial charge < -0.3 is 4.74 Å². The zero-order chi connectivity index (χ0) is 22.2. The van der Waals surface area contributed by atoms with Gasteiger partial charge in [0.25, 0.3) is 5.69 Å². The number of non-ortho nitro benzene ring substituents is 1. The van der Waals surface area contributed by atoms with Gasteiger partial charge in [0, 0.05) is 17.2 Å². The Hall–Kier alpha value is -3.23. The molecule has 158 valence electrons. The highest BCUT2D eigenvalue weighted by atomic mass is 79.9. The highest BCUT2D eigenvalue weighted by Crippen LogP contribution is 2.26. The number of benzene rings is 3. The van der Waals surface area contributed by atoms with Crippen molar-refractivity contribution in [1.29, 1.82) is 0 Å². The molecule has 0 aliphatic heterocycles. The Balaban J connectivity index is 1.51. The number of rotatable bonds is 8. The van der Waals surface area contributed by atoms with Crippen molar-refractivity contribution in [2.75, 3.05) is 0 Å². The Morgan fingerprint density at radius 1 is 1.10 bits per heavy atom. The first-order chi connectivity index (χ1) is 14.9. The van der Waals surface area contributed by atoms with Crippen LogP contribution in [0.1, 0.15) is 16.7 Å². The highest BCUT2D eigenvalue weighted by molar-refractivity contribution is 9.10. The molecule has 0 aromatic heterocycles. The number of nitro groups is 1. The number of hydrazone groups is 1. The summed E-state index contributed by atoms with van der Waals surface area (Å²) in [7, 11) is 0. The first-order valence-corrected chi connectivity index (χ1v) is 10.3.